The van der Waals surface area contributed by atoms with Crippen LogP contribution in [0.1, 0.15) is 22.8 Å². The second kappa shape index (κ2) is 8.76. The van der Waals surface area contributed by atoms with E-state index in [9.17, 15) is 29.2 Å². The van der Waals surface area contributed by atoms with E-state index in [1.807, 2.05) is 0 Å². The lowest BCUT2D eigenvalue weighted by atomic mass is 9.90. The van der Waals surface area contributed by atoms with E-state index in [1.54, 1.807) is 25.1 Å². The Bertz CT molecular complexity index is 1130. The van der Waals surface area contributed by atoms with Crippen molar-refractivity contribution in [3.05, 3.63) is 64.9 Å². The summed E-state index contributed by atoms with van der Waals surface area (Å²) in [5, 5.41) is 40.9. The van der Waals surface area contributed by atoms with Crippen molar-refractivity contribution < 1.29 is 38.7 Å². The number of ether oxygens (including phenoxy) is 2. The van der Waals surface area contributed by atoms with Crippen molar-refractivity contribution in [2.45, 2.75) is 44.0 Å². The first kappa shape index (κ1) is 22.6. The minimum Gasteiger partial charge on any atom is -0.497 e. The van der Waals surface area contributed by atoms with Crippen molar-refractivity contribution in [2.75, 3.05) is 13.7 Å². The van der Waals surface area contributed by atoms with Crippen molar-refractivity contribution in [3.63, 3.8) is 0 Å². The largest absolute Gasteiger partial charge is 0.497 e. The maximum atomic E-state index is 14.9. The molecule has 0 unspecified atom stereocenters. The quantitative estimate of drug-likeness (QED) is 0.474. The minimum atomic E-state index is -1.57. The highest BCUT2D eigenvalue weighted by molar-refractivity contribution is 5.88. The van der Waals surface area contributed by atoms with Gasteiger partial charge in [-0.3, -0.25) is 0 Å². The summed E-state index contributed by atoms with van der Waals surface area (Å²) in [7, 11) is 1.43. The number of hydrogen-bond acceptors (Lipinski definition) is 6. The van der Waals surface area contributed by atoms with Gasteiger partial charge in [-0.25, -0.2) is 8.78 Å². The predicted molar refractivity (Wildman–Crippen MR) is 111 cm³/mol. The van der Waals surface area contributed by atoms with Gasteiger partial charge in [0.2, 0.25) is 0 Å². The highest BCUT2D eigenvalue weighted by Gasteiger charge is 2.45. The molecule has 5 atom stereocenters. The average molecular weight is 449 g/mol. The lowest BCUT2D eigenvalue weighted by molar-refractivity contribution is -0.231. The Hall–Kier alpha value is -2.56. The summed E-state index contributed by atoms with van der Waals surface area (Å²) < 4.78 is 41.8. The van der Waals surface area contributed by atoms with E-state index in [2.05, 4.69) is 0 Å². The second-order valence-corrected chi connectivity index (χ2v) is 8.01. The molecule has 32 heavy (non-hydrogen) atoms. The summed E-state index contributed by atoms with van der Waals surface area (Å²) in [6.45, 7) is 1.17. The number of hydrogen-bond donors (Lipinski definition) is 4. The Morgan fingerprint density at radius 3 is 2.44 bits per heavy atom. The number of nitrogens with zero attached hydrogens (tertiary/aromatic N) is 1. The summed E-state index contributed by atoms with van der Waals surface area (Å²) >= 11 is 0. The van der Waals surface area contributed by atoms with Crippen LogP contribution in [0.4, 0.5) is 8.78 Å². The standard InChI is InChI=1S/C23H25F2NO6/c1-11-3-6-15(24)19-18(11)14(23-22(30)21(29)20(28)17(10-27)32-23)9-26(19)8-12-4-5-13(31-2)7-16(12)25/h3-7,9,17,20-23,27-30H,8,10H2,1-2H3/t17-,20-,21+,22-,23+/m1/s1. The molecule has 172 valence electrons. The number of rotatable bonds is 5. The molecule has 7 nitrogen and oxygen atoms in total. The Balaban J connectivity index is 1.84. The first-order chi connectivity index (χ1) is 15.3. The number of aromatic nitrogens is 1. The van der Waals surface area contributed by atoms with Crippen molar-refractivity contribution >= 4 is 10.9 Å². The molecule has 0 spiro atoms. The van der Waals surface area contributed by atoms with Gasteiger partial charge in [0.25, 0.3) is 0 Å². The van der Waals surface area contributed by atoms with E-state index in [4.69, 9.17) is 9.47 Å². The van der Waals surface area contributed by atoms with Crippen LogP contribution in [0.2, 0.25) is 0 Å². The third-order valence-electron chi connectivity index (χ3n) is 6.01. The van der Waals surface area contributed by atoms with Crippen LogP contribution in [-0.2, 0) is 11.3 Å². The van der Waals surface area contributed by atoms with Gasteiger partial charge in [0.05, 0.1) is 25.8 Å². The van der Waals surface area contributed by atoms with Gasteiger partial charge in [0.15, 0.2) is 0 Å². The molecule has 4 N–H and O–H groups in total. The molecule has 1 fully saturated rings. The normalized spacial score (nSPS) is 25.9. The summed E-state index contributed by atoms with van der Waals surface area (Å²) in [5.74, 6) is -0.711. The summed E-state index contributed by atoms with van der Waals surface area (Å²) in [6, 6.07) is 7.26. The van der Waals surface area contributed by atoms with Gasteiger partial charge in [0, 0.05) is 28.8 Å². The third kappa shape index (κ3) is 3.76. The van der Waals surface area contributed by atoms with Crippen LogP contribution in [0.5, 0.6) is 5.75 Å². The van der Waals surface area contributed by atoms with E-state index in [0.29, 0.717) is 27.8 Å². The van der Waals surface area contributed by atoms with Gasteiger partial charge in [0.1, 0.15) is 47.9 Å². The first-order valence-electron chi connectivity index (χ1n) is 10.2. The Kier molecular flexibility index (Phi) is 6.19. The predicted octanol–water partition coefficient (Wildman–Crippen LogP) is 1.80. The van der Waals surface area contributed by atoms with Crippen molar-refractivity contribution in [2.24, 2.45) is 0 Å². The topological polar surface area (TPSA) is 104 Å². The number of aliphatic hydroxyl groups is 4. The number of benzene rings is 2. The molecule has 1 saturated heterocycles. The average Bonchev–Trinajstić information content (AvgIpc) is 3.16. The van der Waals surface area contributed by atoms with Crippen molar-refractivity contribution in [1.29, 1.82) is 0 Å². The van der Waals surface area contributed by atoms with Gasteiger partial charge in [-0.15, -0.1) is 0 Å². The minimum absolute atomic E-state index is 0.00980. The molecule has 9 heteroatoms. The summed E-state index contributed by atoms with van der Waals surface area (Å²) in [4.78, 5) is 0. The number of methoxy groups -OCH3 is 1. The number of fused-ring (bicyclic) bond motifs is 1. The van der Waals surface area contributed by atoms with E-state index >= 15 is 0 Å². The number of aliphatic hydroxyl groups excluding tert-OH is 4. The molecule has 1 aliphatic rings. The Labute approximate surface area is 183 Å². The van der Waals surface area contributed by atoms with Gasteiger partial charge in [-0.1, -0.05) is 12.1 Å². The van der Waals surface area contributed by atoms with Gasteiger partial charge >= 0.3 is 0 Å². The van der Waals surface area contributed by atoms with Crippen molar-refractivity contribution in [1.82, 2.24) is 4.57 Å². The summed E-state index contributed by atoms with van der Waals surface area (Å²) in [6.07, 6.45) is -5.31. The molecule has 2 aromatic carbocycles. The number of halogens is 2. The van der Waals surface area contributed by atoms with Gasteiger partial charge < -0.3 is 34.5 Å². The molecule has 2 heterocycles. The van der Waals surface area contributed by atoms with Gasteiger partial charge in [-0.2, -0.15) is 0 Å². The van der Waals surface area contributed by atoms with E-state index in [1.165, 1.54) is 30.0 Å². The van der Waals surface area contributed by atoms with Crippen LogP contribution in [0.25, 0.3) is 10.9 Å². The summed E-state index contributed by atoms with van der Waals surface area (Å²) in [5.41, 5.74) is 1.53. The lowest BCUT2D eigenvalue weighted by Crippen LogP contribution is -2.55. The molecule has 1 aliphatic heterocycles. The SMILES string of the molecule is COc1ccc(Cn2cc([C@@H]3O[C@H](CO)[C@@H](O)[C@H](O)[C@H]3O)c3c(C)ccc(F)c32)c(F)c1. The molecule has 4 rings (SSSR count). The zero-order chi connectivity index (χ0) is 23.2. The van der Waals surface area contributed by atoms with E-state index in [0.717, 1.165) is 0 Å². The monoisotopic (exact) mass is 449 g/mol. The van der Waals surface area contributed by atoms with Crippen LogP contribution < -0.4 is 4.74 Å². The molecular weight excluding hydrogens is 424 g/mol. The maximum absolute atomic E-state index is 14.9. The van der Waals surface area contributed by atoms with E-state index in [-0.39, 0.29) is 12.1 Å². The zero-order valence-corrected chi connectivity index (χ0v) is 17.6. The fraction of sp³-hybridized carbons (Fsp3) is 0.391. The molecule has 0 bridgehead atoms. The fourth-order valence-electron chi connectivity index (χ4n) is 4.27. The molecule has 3 aromatic rings. The highest BCUT2D eigenvalue weighted by atomic mass is 19.1. The molecule has 1 aromatic heterocycles. The lowest BCUT2D eigenvalue weighted by Gasteiger charge is -2.40. The van der Waals surface area contributed by atoms with Crippen LogP contribution in [0, 0.1) is 18.6 Å². The molecule has 0 saturated carbocycles. The van der Waals surface area contributed by atoms with Crippen molar-refractivity contribution in [3.8, 4) is 5.75 Å². The number of aryl methyl sites for hydroxylation is 1. The molecule has 0 aliphatic carbocycles. The maximum Gasteiger partial charge on any atom is 0.147 e. The molecule has 0 radical (unpaired) electrons. The highest BCUT2D eigenvalue weighted by Crippen LogP contribution is 2.39. The fourth-order valence-corrected chi connectivity index (χ4v) is 4.27. The first-order valence-corrected chi connectivity index (χ1v) is 10.2. The molecule has 0 amide bonds. The van der Waals surface area contributed by atoms with Gasteiger partial charge in [-0.05, 0) is 24.6 Å². The van der Waals surface area contributed by atoms with Crippen LogP contribution in [-0.4, -0.2) is 63.1 Å². The van der Waals surface area contributed by atoms with Crippen LogP contribution >= 0.6 is 0 Å². The Morgan fingerprint density at radius 2 is 1.78 bits per heavy atom. The zero-order valence-electron chi connectivity index (χ0n) is 17.6. The van der Waals surface area contributed by atoms with E-state index < -0.39 is 48.8 Å². The van der Waals surface area contributed by atoms with Crippen LogP contribution in [0.3, 0.4) is 0 Å². The van der Waals surface area contributed by atoms with Crippen LogP contribution in [0.15, 0.2) is 36.5 Å². The second-order valence-electron chi connectivity index (χ2n) is 8.01. The smallest absolute Gasteiger partial charge is 0.147 e. The molecular formula is C23H25F2NO6. The Morgan fingerprint density at radius 1 is 1.03 bits per heavy atom. The third-order valence-corrected chi connectivity index (χ3v) is 6.01.